The average molecular weight is 565 g/mol. The molecule has 2 N–H and O–H groups in total. The number of pyridine rings is 1. The van der Waals surface area contributed by atoms with Crippen molar-refractivity contribution in [1.82, 2.24) is 19.5 Å². The summed E-state index contributed by atoms with van der Waals surface area (Å²) in [4.78, 5) is 10.5. The van der Waals surface area contributed by atoms with Gasteiger partial charge in [0.1, 0.15) is 5.69 Å². The van der Waals surface area contributed by atoms with E-state index in [4.69, 9.17) is 4.98 Å². The predicted octanol–water partition coefficient (Wildman–Crippen LogP) is 6.52. The molecule has 2 unspecified atom stereocenters. The largest absolute Gasteiger partial charge is 0.428 e. The molecule has 6 nitrogen and oxygen atoms in total. The van der Waals surface area contributed by atoms with Crippen LogP contribution in [0, 0.1) is 11.3 Å². The van der Waals surface area contributed by atoms with Crippen LogP contribution in [0.15, 0.2) is 66.9 Å². The second-order valence-corrected chi connectivity index (χ2v) is 13.7. The van der Waals surface area contributed by atoms with Crippen molar-refractivity contribution in [3.63, 3.8) is 0 Å². The lowest BCUT2D eigenvalue weighted by Gasteiger charge is -2.58. The smallest absolute Gasteiger partial charge is 0.109 e. The molecule has 0 saturated carbocycles. The van der Waals surface area contributed by atoms with Crippen LogP contribution in [-0.2, 0) is 0 Å². The molecule has 7 aliphatic rings. The van der Waals surface area contributed by atoms with E-state index >= 15 is 0 Å². The van der Waals surface area contributed by atoms with E-state index in [-0.39, 0.29) is 17.4 Å². The van der Waals surface area contributed by atoms with Gasteiger partial charge in [-0.2, -0.15) is 4.73 Å². The molecule has 1 spiro atoms. The Labute approximate surface area is 249 Å². The second kappa shape index (κ2) is 10.4. The van der Waals surface area contributed by atoms with Gasteiger partial charge in [-0.05, 0) is 114 Å². The first-order valence-corrected chi connectivity index (χ1v) is 16.4. The summed E-state index contributed by atoms with van der Waals surface area (Å²) in [5, 5.41) is 25.7. The van der Waals surface area contributed by atoms with Crippen molar-refractivity contribution in [3.8, 4) is 11.3 Å². The molecule has 42 heavy (non-hydrogen) atoms. The third-order valence-electron chi connectivity index (χ3n) is 11.3. The van der Waals surface area contributed by atoms with E-state index in [1.54, 1.807) is 6.20 Å². The third kappa shape index (κ3) is 4.13. The standard InChI is InChI=1S/C36H44N4O2/c41-36-18-10-4-1-2-5-11-19-38-21-17-30(35(25-38)23-26-13-7-3-6-12-20-39(26)34(35)36)29(24-36)33-32-28(16-22-40(33)42)27-14-8-9-15-31(27)37-32/h1,4,7-9,13-16,22,24,26,30,34,41-42H,2-3,5-6,10-12,17-21,23,25H2/b4-1+,13-7-/t26-,30-,34?,35-,36-/m0/s1. The van der Waals surface area contributed by atoms with Gasteiger partial charge in [0.15, 0.2) is 0 Å². The quantitative estimate of drug-likeness (QED) is 0.260. The molecule has 6 atom stereocenters. The van der Waals surface area contributed by atoms with E-state index in [1.165, 1.54) is 30.4 Å². The van der Waals surface area contributed by atoms with Crippen LogP contribution in [0.3, 0.4) is 0 Å². The summed E-state index contributed by atoms with van der Waals surface area (Å²) >= 11 is 0. The Bertz CT molecular complexity index is 1540. The average Bonchev–Trinajstić information content (AvgIpc) is 3.49. The van der Waals surface area contributed by atoms with Gasteiger partial charge >= 0.3 is 0 Å². The molecule has 6 aliphatic heterocycles. The van der Waals surface area contributed by atoms with Crippen molar-refractivity contribution in [3.05, 3.63) is 72.6 Å². The molecule has 1 aromatic rings. The number of rotatable bonds is 1. The second-order valence-electron chi connectivity index (χ2n) is 13.7. The zero-order chi connectivity index (χ0) is 28.3. The lowest BCUT2D eigenvalue weighted by Crippen LogP contribution is -2.65. The molecule has 8 rings (SSSR count). The summed E-state index contributed by atoms with van der Waals surface area (Å²) in [7, 11) is 0. The van der Waals surface area contributed by atoms with Crippen LogP contribution in [0.25, 0.3) is 27.7 Å². The summed E-state index contributed by atoms with van der Waals surface area (Å²) in [5.74, 6) is 0.241. The van der Waals surface area contributed by atoms with Crippen molar-refractivity contribution >= 4 is 16.5 Å². The topological polar surface area (TPSA) is 64.8 Å². The van der Waals surface area contributed by atoms with Crippen molar-refractivity contribution in [2.75, 3.05) is 26.2 Å². The van der Waals surface area contributed by atoms with Gasteiger partial charge in [-0.3, -0.25) is 4.90 Å². The number of aliphatic hydroxyl groups is 1. The Morgan fingerprint density at radius 2 is 1.74 bits per heavy atom. The maximum Gasteiger partial charge on any atom is 0.109 e. The Kier molecular flexibility index (Phi) is 6.58. The van der Waals surface area contributed by atoms with E-state index in [0.717, 1.165) is 91.7 Å². The summed E-state index contributed by atoms with van der Waals surface area (Å²) in [6.45, 7) is 4.23. The summed E-state index contributed by atoms with van der Waals surface area (Å²) in [6.07, 6.45) is 24.2. The van der Waals surface area contributed by atoms with Crippen LogP contribution in [0.4, 0.5) is 0 Å². The van der Waals surface area contributed by atoms with Crippen LogP contribution in [0.1, 0.15) is 69.9 Å². The molecule has 2 fully saturated rings. The molecule has 3 bridgehead atoms. The highest BCUT2D eigenvalue weighted by molar-refractivity contribution is 6.00. The lowest BCUT2D eigenvalue weighted by molar-refractivity contribution is -0.0897. The fraction of sp³-hybridized carbons (Fsp3) is 0.528. The van der Waals surface area contributed by atoms with E-state index < -0.39 is 5.60 Å². The predicted molar refractivity (Wildman–Crippen MR) is 168 cm³/mol. The number of benzene rings is 1. The van der Waals surface area contributed by atoms with E-state index in [1.807, 2.05) is 12.1 Å². The number of fused-ring (bicyclic) bond motifs is 5. The van der Waals surface area contributed by atoms with Crippen molar-refractivity contribution < 1.29 is 10.3 Å². The molecule has 1 aromatic carbocycles. The zero-order valence-electron chi connectivity index (χ0n) is 24.7. The van der Waals surface area contributed by atoms with Gasteiger partial charge in [-0.15, -0.1) is 0 Å². The molecule has 0 aromatic heterocycles. The molecular formula is C36H44N4O2. The molecule has 0 radical (unpaired) electrons. The molecule has 0 amide bonds. The van der Waals surface area contributed by atoms with Crippen molar-refractivity contribution in [2.24, 2.45) is 11.3 Å². The highest BCUT2D eigenvalue weighted by Crippen LogP contribution is 2.62. The third-order valence-corrected chi connectivity index (χ3v) is 11.3. The Balaban J connectivity index is 1.35. The first-order chi connectivity index (χ1) is 20.6. The van der Waals surface area contributed by atoms with E-state index in [0.29, 0.717) is 12.5 Å². The minimum absolute atomic E-state index is 0.0569. The minimum Gasteiger partial charge on any atom is -0.428 e. The number of nitrogens with zero attached hydrogens (tertiary/aromatic N) is 4. The van der Waals surface area contributed by atoms with Gasteiger partial charge in [0.05, 0.1) is 22.9 Å². The van der Waals surface area contributed by atoms with Crippen LogP contribution in [-0.4, -0.2) is 73.7 Å². The molecule has 2 saturated heterocycles. The first kappa shape index (κ1) is 26.7. The van der Waals surface area contributed by atoms with Crippen LogP contribution >= 0.6 is 0 Å². The van der Waals surface area contributed by atoms with Crippen molar-refractivity contribution in [1.29, 1.82) is 0 Å². The highest BCUT2D eigenvalue weighted by Gasteiger charge is 2.65. The van der Waals surface area contributed by atoms with Crippen LogP contribution in [0.2, 0.25) is 0 Å². The Hall–Kier alpha value is -2.93. The summed E-state index contributed by atoms with van der Waals surface area (Å²) in [6, 6.07) is 10.7. The summed E-state index contributed by atoms with van der Waals surface area (Å²) in [5.41, 5.74) is 3.63. The monoisotopic (exact) mass is 564 g/mol. The molecule has 1 aliphatic carbocycles. The highest BCUT2D eigenvalue weighted by atomic mass is 16.5. The van der Waals surface area contributed by atoms with Crippen LogP contribution in [0.5, 0.6) is 0 Å². The number of allylic oxidation sites excluding steroid dienone is 4. The minimum atomic E-state index is -1.00. The Morgan fingerprint density at radius 1 is 0.905 bits per heavy atom. The number of hydrogen-bond acceptors (Lipinski definition) is 5. The van der Waals surface area contributed by atoms with Gasteiger partial charge in [0.2, 0.25) is 0 Å². The maximum absolute atomic E-state index is 13.1. The fourth-order valence-corrected chi connectivity index (χ4v) is 9.65. The van der Waals surface area contributed by atoms with Gasteiger partial charge in [0.25, 0.3) is 0 Å². The van der Waals surface area contributed by atoms with Crippen molar-refractivity contribution in [2.45, 2.75) is 81.9 Å². The summed E-state index contributed by atoms with van der Waals surface area (Å²) < 4.78 is 1.30. The van der Waals surface area contributed by atoms with E-state index in [9.17, 15) is 10.3 Å². The molecule has 6 heterocycles. The number of hydrogen-bond donors (Lipinski definition) is 2. The zero-order valence-corrected chi connectivity index (χ0v) is 24.7. The first-order valence-electron chi connectivity index (χ1n) is 16.4. The molecular weight excluding hydrogens is 520 g/mol. The van der Waals surface area contributed by atoms with Gasteiger partial charge in [-0.1, -0.05) is 42.5 Å². The normalized spacial score (nSPS) is 37.0. The fourth-order valence-electron chi connectivity index (χ4n) is 9.65. The SMILES string of the molecule is On1ccc2c3ccccc3nc-2c1C1=C[C@@]2(O)CC/C=C/CCCCN3CC[C@@H]1[C@]1(C[C@@H]4/C=C\CCCCN4C12)C3. The van der Waals surface area contributed by atoms with Gasteiger partial charge < -0.3 is 15.2 Å². The molecule has 6 heteroatoms. The Morgan fingerprint density at radius 3 is 2.67 bits per heavy atom. The van der Waals surface area contributed by atoms with Crippen LogP contribution < -0.4 is 0 Å². The molecule has 220 valence electrons. The lowest BCUT2D eigenvalue weighted by atomic mass is 9.54. The number of aromatic nitrogens is 2. The number of para-hydroxylation sites is 1. The maximum atomic E-state index is 13.1. The van der Waals surface area contributed by atoms with Gasteiger partial charge in [0, 0.05) is 35.1 Å². The number of piperidine rings is 1. The van der Waals surface area contributed by atoms with E-state index in [2.05, 4.69) is 58.4 Å². The van der Waals surface area contributed by atoms with Gasteiger partial charge in [-0.25, -0.2) is 4.98 Å².